The molecule has 0 saturated heterocycles. The largest absolute Gasteiger partial charge is 0.479 e. The lowest BCUT2D eigenvalue weighted by molar-refractivity contribution is 0.0742. The number of ether oxygens (including phenoxy) is 1. The summed E-state index contributed by atoms with van der Waals surface area (Å²) in [5, 5.41) is 10.1. The lowest BCUT2D eigenvalue weighted by Gasteiger charge is -2.15. The van der Waals surface area contributed by atoms with E-state index in [1.807, 2.05) is 0 Å². The average Bonchev–Trinajstić information content (AvgIpc) is 3.51. The van der Waals surface area contributed by atoms with Gasteiger partial charge in [-0.3, -0.25) is 19.9 Å². The molecule has 15 heteroatoms. The molecule has 4 aromatic rings. The van der Waals surface area contributed by atoms with Gasteiger partial charge in [-0.1, -0.05) is 17.4 Å². The third-order valence-corrected chi connectivity index (χ3v) is 6.94. The Bertz CT molecular complexity index is 1590. The maximum absolute atomic E-state index is 13.3. The maximum atomic E-state index is 13.3. The number of anilines is 1. The van der Waals surface area contributed by atoms with Gasteiger partial charge in [0.15, 0.2) is 5.13 Å². The molecule has 0 bridgehead atoms. The van der Waals surface area contributed by atoms with Crippen LogP contribution >= 0.6 is 11.3 Å². The maximum Gasteiger partial charge on any atom is 0.282 e. The fraction of sp³-hybridized carbons (Fsp3) is 0.240. The molecule has 0 atom stereocenters. The van der Waals surface area contributed by atoms with Crippen molar-refractivity contribution in [2.24, 2.45) is 0 Å². The highest BCUT2D eigenvalue weighted by atomic mass is 32.1. The number of rotatable bonds is 7. The number of pyridine rings is 2. The molecule has 1 N–H and O–H groups in total. The van der Waals surface area contributed by atoms with Gasteiger partial charge in [-0.2, -0.15) is 0 Å². The molecule has 4 aromatic heterocycles. The minimum absolute atomic E-state index is 0.0457. The van der Waals surface area contributed by atoms with E-state index in [9.17, 15) is 27.2 Å². The van der Waals surface area contributed by atoms with Gasteiger partial charge in [0, 0.05) is 23.0 Å². The molecular formula is C25H19F4N7O3S. The number of halogens is 4. The van der Waals surface area contributed by atoms with Crippen molar-refractivity contribution in [2.45, 2.75) is 32.9 Å². The van der Waals surface area contributed by atoms with Crippen molar-refractivity contribution in [1.29, 1.82) is 0 Å². The van der Waals surface area contributed by atoms with E-state index >= 15 is 0 Å². The zero-order valence-electron chi connectivity index (χ0n) is 20.9. The van der Waals surface area contributed by atoms with Crippen LogP contribution in [0.1, 0.15) is 61.4 Å². The molecule has 1 aliphatic rings. The van der Waals surface area contributed by atoms with Gasteiger partial charge in [0.25, 0.3) is 24.7 Å². The molecule has 10 nitrogen and oxygen atoms in total. The summed E-state index contributed by atoms with van der Waals surface area (Å²) in [6, 6.07) is 6.51. The summed E-state index contributed by atoms with van der Waals surface area (Å²) < 4.78 is 57.8. The Morgan fingerprint density at radius 3 is 2.50 bits per heavy atom. The Morgan fingerprint density at radius 1 is 1.02 bits per heavy atom. The molecule has 0 aliphatic carbocycles. The Kier molecular flexibility index (Phi) is 7.38. The van der Waals surface area contributed by atoms with Gasteiger partial charge in [0.2, 0.25) is 5.88 Å². The van der Waals surface area contributed by atoms with Gasteiger partial charge in [-0.05, 0) is 31.2 Å². The van der Waals surface area contributed by atoms with Crippen molar-refractivity contribution in [2.75, 3.05) is 12.4 Å². The van der Waals surface area contributed by atoms with Gasteiger partial charge in [0.05, 0.1) is 36.3 Å². The molecule has 5 heterocycles. The van der Waals surface area contributed by atoms with Crippen LogP contribution in [0.2, 0.25) is 0 Å². The summed E-state index contributed by atoms with van der Waals surface area (Å²) >= 11 is 1.14. The predicted molar refractivity (Wildman–Crippen MR) is 134 cm³/mol. The highest BCUT2D eigenvalue weighted by Gasteiger charge is 2.30. The van der Waals surface area contributed by atoms with Crippen molar-refractivity contribution >= 4 is 28.3 Å². The number of methoxy groups -OCH3 is 1. The number of nitrogens with one attached hydrogen (secondary N) is 1. The quantitative estimate of drug-likeness (QED) is 0.307. The highest BCUT2D eigenvalue weighted by Crippen LogP contribution is 2.35. The lowest BCUT2D eigenvalue weighted by atomic mass is 10.0. The molecule has 0 unspecified atom stereocenters. The van der Waals surface area contributed by atoms with Crippen LogP contribution in [-0.2, 0) is 13.1 Å². The summed E-state index contributed by atoms with van der Waals surface area (Å²) in [6.45, 7) is 1.95. The predicted octanol–water partition coefficient (Wildman–Crippen LogP) is 4.99. The van der Waals surface area contributed by atoms with Crippen LogP contribution in [0.25, 0.3) is 11.1 Å². The van der Waals surface area contributed by atoms with E-state index in [0.29, 0.717) is 16.3 Å². The monoisotopic (exact) mass is 573 g/mol. The van der Waals surface area contributed by atoms with Crippen LogP contribution in [0.3, 0.4) is 0 Å². The number of hydrogen-bond acceptors (Lipinski definition) is 9. The topological polar surface area (TPSA) is 123 Å². The van der Waals surface area contributed by atoms with Gasteiger partial charge in [-0.15, -0.1) is 10.2 Å². The molecular weight excluding hydrogens is 554 g/mol. The normalized spacial score (nSPS) is 12.7. The molecule has 0 saturated carbocycles. The minimum atomic E-state index is -2.88. The average molecular weight is 574 g/mol. The zero-order chi connectivity index (χ0) is 28.6. The first kappa shape index (κ1) is 27.1. The van der Waals surface area contributed by atoms with Crippen LogP contribution in [0.15, 0.2) is 36.5 Å². The van der Waals surface area contributed by atoms with E-state index in [0.717, 1.165) is 23.5 Å². The van der Waals surface area contributed by atoms with Crippen LogP contribution in [0.4, 0.5) is 22.7 Å². The Hall–Kier alpha value is -4.53. The molecule has 1 aliphatic heterocycles. The number of thiazole rings is 1. The standard InChI is InChI=1S/C25H19F4N7O3S/c1-11-6-12(13-7-17(21(28)29)34-35-23(13)39-2)14(8-30-11)22(37)33-25-32-18-9-36(10-19(18)40-25)24(38)16-5-3-4-15(31-16)20(26)27/h3-8,20-21H,9-10H2,1-2H3,(H,32,33,37). The van der Waals surface area contributed by atoms with Gasteiger partial charge < -0.3 is 9.64 Å². The summed E-state index contributed by atoms with van der Waals surface area (Å²) in [7, 11) is 1.31. The number of amides is 2. The molecule has 5 rings (SSSR count). The number of hydrogen-bond donors (Lipinski definition) is 1. The van der Waals surface area contributed by atoms with Crippen LogP contribution in [0.5, 0.6) is 5.88 Å². The van der Waals surface area contributed by atoms with E-state index in [1.165, 1.54) is 30.3 Å². The third kappa shape index (κ3) is 5.32. The highest BCUT2D eigenvalue weighted by molar-refractivity contribution is 7.16. The molecule has 0 spiro atoms. The van der Waals surface area contributed by atoms with E-state index in [4.69, 9.17) is 4.74 Å². The van der Waals surface area contributed by atoms with Crippen LogP contribution in [0, 0.1) is 6.92 Å². The minimum Gasteiger partial charge on any atom is -0.479 e. The van der Waals surface area contributed by atoms with E-state index in [-0.39, 0.29) is 46.5 Å². The van der Waals surface area contributed by atoms with Crippen molar-refractivity contribution in [3.63, 3.8) is 0 Å². The number of nitrogens with zero attached hydrogens (tertiary/aromatic N) is 6. The summed E-state index contributed by atoms with van der Waals surface area (Å²) in [5.74, 6) is -1.17. The second-order valence-electron chi connectivity index (χ2n) is 8.62. The SMILES string of the molecule is COc1nnc(C(F)F)cc1-c1cc(C)ncc1C(=O)Nc1nc2c(s1)CN(C(=O)c1cccc(C(F)F)n1)C2. The van der Waals surface area contributed by atoms with E-state index in [1.54, 1.807) is 13.0 Å². The number of carbonyl (C=O) groups is 2. The Balaban J connectivity index is 1.36. The molecule has 40 heavy (non-hydrogen) atoms. The van der Waals surface area contributed by atoms with Crippen LogP contribution in [-0.4, -0.2) is 49.0 Å². The molecule has 0 fully saturated rings. The number of carbonyl (C=O) groups excluding carboxylic acids is 2. The Morgan fingerprint density at radius 2 is 1.80 bits per heavy atom. The molecule has 0 aromatic carbocycles. The second kappa shape index (κ2) is 10.9. The molecule has 206 valence electrons. The smallest absolute Gasteiger partial charge is 0.282 e. The van der Waals surface area contributed by atoms with Crippen LogP contribution < -0.4 is 10.1 Å². The summed E-state index contributed by atoms with van der Waals surface area (Å²) in [5.41, 5.74) is 0.368. The first-order valence-electron chi connectivity index (χ1n) is 11.7. The molecule has 2 amide bonds. The second-order valence-corrected chi connectivity index (χ2v) is 9.70. The Labute approximate surface area is 228 Å². The summed E-state index contributed by atoms with van der Waals surface area (Å²) in [4.78, 5) is 40.5. The fourth-order valence-electron chi connectivity index (χ4n) is 4.07. The van der Waals surface area contributed by atoms with E-state index in [2.05, 4.69) is 30.5 Å². The number of fused-ring (bicyclic) bond motifs is 1. The molecule has 0 radical (unpaired) electrons. The van der Waals surface area contributed by atoms with Crippen molar-refractivity contribution in [3.8, 4) is 17.0 Å². The number of alkyl halides is 4. The van der Waals surface area contributed by atoms with Crippen molar-refractivity contribution in [3.05, 3.63) is 75.4 Å². The number of aryl methyl sites for hydroxylation is 1. The van der Waals surface area contributed by atoms with Crippen molar-refractivity contribution in [1.82, 2.24) is 30.0 Å². The van der Waals surface area contributed by atoms with Crippen molar-refractivity contribution < 1.29 is 31.9 Å². The fourth-order valence-corrected chi connectivity index (χ4v) is 5.05. The lowest BCUT2D eigenvalue weighted by Crippen LogP contribution is -2.26. The van der Waals surface area contributed by atoms with Gasteiger partial charge in [0.1, 0.15) is 17.1 Å². The first-order valence-corrected chi connectivity index (χ1v) is 12.5. The van der Waals surface area contributed by atoms with Gasteiger partial charge >= 0.3 is 0 Å². The zero-order valence-corrected chi connectivity index (χ0v) is 21.7. The third-order valence-electron chi connectivity index (χ3n) is 5.95. The number of aromatic nitrogens is 5. The first-order chi connectivity index (χ1) is 19.1. The van der Waals surface area contributed by atoms with Gasteiger partial charge in [-0.25, -0.2) is 27.5 Å². The van der Waals surface area contributed by atoms with E-state index < -0.39 is 36.1 Å². The summed E-state index contributed by atoms with van der Waals surface area (Å²) in [6.07, 6.45) is -4.37.